The van der Waals surface area contributed by atoms with E-state index in [1.165, 1.54) is 25.8 Å². The summed E-state index contributed by atoms with van der Waals surface area (Å²) in [6.45, 7) is 0.993. The van der Waals surface area contributed by atoms with E-state index >= 15 is 0 Å². The van der Waals surface area contributed by atoms with Crippen LogP contribution in [0.1, 0.15) is 11.1 Å². The summed E-state index contributed by atoms with van der Waals surface area (Å²) in [4.78, 5) is 3.86. The molecule has 0 bridgehead atoms. The zero-order valence-corrected chi connectivity index (χ0v) is 14.1. The molecular formula is C17H16ClNS2. The first kappa shape index (κ1) is 15.0. The van der Waals surface area contributed by atoms with Gasteiger partial charge in [-0.2, -0.15) is 0 Å². The summed E-state index contributed by atoms with van der Waals surface area (Å²) >= 11 is 9.90. The Morgan fingerprint density at radius 3 is 2.86 bits per heavy atom. The number of benzene rings is 2. The van der Waals surface area contributed by atoms with Gasteiger partial charge in [-0.15, -0.1) is 11.8 Å². The van der Waals surface area contributed by atoms with Crippen molar-refractivity contribution in [2.75, 3.05) is 19.3 Å². The van der Waals surface area contributed by atoms with Crippen molar-refractivity contribution in [2.45, 2.75) is 9.79 Å². The van der Waals surface area contributed by atoms with Gasteiger partial charge < -0.3 is 5.32 Å². The van der Waals surface area contributed by atoms with E-state index in [0.717, 1.165) is 17.3 Å². The smallest absolute Gasteiger partial charge is 0.0413 e. The van der Waals surface area contributed by atoms with Gasteiger partial charge in [0.2, 0.25) is 0 Å². The normalized spacial score (nSPS) is 13.1. The molecule has 0 unspecified atom stereocenters. The maximum Gasteiger partial charge on any atom is 0.0413 e. The van der Waals surface area contributed by atoms with Crippen LogP contribution < -0.4 is 5.32 Å². The summed E-state index contributed by atoms with van der Waals surface area (Å²) in [5.74, 6) is 1.04. The Morgan fingerprint density at radius 1 is 1.14 bits per heavy atom. The van der Waals surface area contributed by atoms with Crippen molar-refractivity contribution < 1.29 is 0 Å². The molecule has 2 aromatic rings. The minimum atomic E-state index is 0.792. The standard InChI is InChI=1S/C17H16ClNS2/c1-19-8-9-20-17-10-12-4-2-3-5-15(12)21-16-7-6-13(18)11-14(16)17/h2-7,10-11,19H,8-9H2,1H3. The highest BCUT2D eigenvalue weighted by molar-refractivity contribution is 8.08. The van der Waals surface area contributed by atoms with Crippen LogP contribution in [0, 0.1) is 0 Å². The number of halogens is 1. The van der Waals surface area contributed by atoms with E-state index < -0.39 is 0 Å². The highest BCUT2D eigenvalue weighted by atomic mass is 35.5. The van der Waals surface area contributed by atoms with E-state index in [1.807, 2.05) is 36.6 Å². The number of rotatable bonds is 4. The summed E-state index contributed by atoms with van der Waals surface area (Å²) in [6, 6.07) is 14.7. The van der Waals surface area contributed by atoms with E-state index in [-0.39, 0.29) is 0 Å². The minimum absolute atomic E-state index is 0.792. The molecule has 108 valence electrons. The van der Waals surface area contributed by atoms with Crippen molar-refractivity contribution >= 4 is 46.1 Å². The fourth-order valence-corrected chi connectivity index (χ4v) is 4.54. The lowest BCUT2D eigenvalue weighted by molar-refractivity contribution is 0.873. The number of hydrogen-bond acceptors (Lipinski definition) is 3. The van der Waals surface area contributed by atoms with Crippen molar-refractivity contribution in [3.8, 4) is 0 Å². The molecule has 21 heavy (non-hydrogen) atoms. The molecule has 0 saturated heterocycles. The summed E-state index contributed by atoms with van der Waals surface area (Å²) in [5.41, 5.74) is 2.52. The van der Waals surface area contributed by atoms with Crippen molar-refractivity contribution in [1.82, 2.24) is 5.32 Å². The summed E-state index contributed by atoms with van der Waals surface area (Å²) in [5, 5.41) is 3.99. The molecule has 0 fully saturated rings. The molecule has 0 aromatic heterocycles. The van der Waals surface area contributed by atoms with Crippen LogP contribution in [0.4, 0.5) is 0 Å². The van der Waals surface area contributed by atoms with E-state index in [9.17, 15) is 0 Å². The Balaban J connectivity index is 2.05. The van der Waals surface area contributed by atoms with Gasteiger partial charge in [-0.25, -0.2) is 0 Å². The molecule has 3 rings (SSSR count). The molecule has 1 N–H and O–H groups in total. The van der Waals surface area contributed by atoms with E-state index in [2.05, 4.69) is 47.8 Å². The molecule has 0 radical (unpaired) electrons. The third-order valence-corrected chi connectivity index (χ3v) is 5.70. The summed E-state index contributed by atoms with van der Waals surface area (Å²) < 4.78 is 0. The average molecular weight is 334 g/mol. The maximum absolute atomic E-state index is 6.21. The third kappa shape index (κ3) is 3.49. The molecule has 1 heterocycles. The van der Waals surface area contributed by atoms with Gasteiger partial charge in [-0.05, 0) is 43.0 Å². The van der Waals surface area contributed by atoms with Crippen LogP contribution in [0.5, 0.6) is 0 Å². The summed E-state index contributed by atoms with van der Waals surface area (Å²) in [7, 11) is 1.98. The van der Waals surface area contributed by atoms with E-state index in [0.29, 0.717) is 0 Å². The Bertz CT molecular complexity index is 682. The molecule has 0 atom stereocenters. The van der Waals surface area contributed by atoms with Crippen LogP contribution in [-0.2, 0) is 0 Å². The van der Waals surface area contributed by atoms with Gasteiger partial charge >= 0.3 is 0 Å². The fraction of sp³-hybridized carbons (Fsp3) is 0.176. The molecule has 0 saturated carbocycles. The highest BCUT2D eigenvalue weighted by Gasteiger charge is 2.16. The Kier molecular flexibility index (Phi) is 4.96. The zero-order chi connectivity index (χ0) is 14.7. The summed E-state index contributed by atoms with van der Waals surface area (Å²) in [6.07, 6.45) is 2.28. The maximum atomic E-state index is 6.21. The monoisotopic (exact) mass is 333 g/mol. The largest absolute Gasteiger partial charge is 0.319 e. The van der Waals surface area contributed by atoms with Crippen LogP contribution in [0.15, 0.2) is 52.3 Å². The first-order chi connectivity index (χ1) is 10.3. The molecule has 4 heteroatoms. The Morgan fingerprint density at radius 2 is 2.00 bits per heavy atom. The SMILES string of the molecule is CNCCSC1=Cc2ccccc2Sc2ccc(Cl)cc21. The van der Waals surface area contributed by atoms with Gasteiger partial charge in [0, 0.05) is 37.6 Å². The van der Waals surface area contributed by atoms with E-state index in [4.69, 9.17) is 11.6 Å². The number of nitrogens with one attached hydrogen (secondary N) is 1. The fourth-order valence-electron chi connectivity index (χ4n) is 2.20. The van der Waals surface area contributed by atoms with Crippen LogP contribution in [-0.4, -0.2) is 19.3 Å². The lowest BCUT2D eigenvalue weighted by Gasteiger charge is -2.10. The lowest BCUT2D eigenvalue weighted by atomic mass is 10.1. The first-order valence-corrected chi connectivity index (χ1v) is 9.02. The van der Waals surface area contributed by atoms with Crippen molar-refractivity contribution in [2.24, 2.45) is 0 Å². The van der Waals surface area contributed by atoms with Gasteiger partial charge in [-0.3, -0.25) is 0 Å². The lowest BCUT2D eigenvalue weighted by Crippen LogP contribution is -2.09. The predicted molar refractivity (Wildman–Crippen MR) is 96.3 cm³/mol. The third-order valence-electron chi connectivity index (χ3n) is 3.24. The van der Waals surface area contributed by atoms with Crippen molar-refractivity contribution in [1.29, 1.82) is 0 Å². The molecule has 0 aliphatic carbocycles. The molecule has 2 aromatic carbocycles. The quantitative estimate of drug-likeness (QED) is 0.767. The van der Waals surface area contributed by atoms with Crippen LogP contribution in [0.3, 0.4) is 0 Å². The van der Waals surface area contributed by atoms with Crippen LogP contribution in [0.2, 0.25) is 5.02 Å². The van der Waals surface area contributed by atoms with Crippen molar-refractivity contribution in [3.63, 3.8) is 0 Å². The second-order valence-electron chi connectivity index (χ2n) is 4.74. The topological polar surface area (TPSA) is 12.0 Å². The second kappa shape index (κ2) is 6.93. The van der Waals surface area contributed by atoms with Gasteiger partial charge in [0.15, 0.2) is 0 Å². The van der Waals surface area contributed by atoms with Crippen molar-refractivity contribution in [3.05, 3.63) is 58.6 Å². The number of fused-ring (bicyclic) bond motifs is 2. The molecule has 1 nitrogen and oxygen atoms in total. The molecule has 0 amide bonds. The van der Waals surface area contributed by atoms with E-state index in [1.54, 1.807) is 0 Å². The van der Waals surface area contributed by atoms with Gasteiger partial charge in [0.25, 0.3) is 0 Å². The minimum Gasteiger partial charge on any atom is -0.319 e. The van der Waals surface area contributed by atoms with Crippen LogP contribution >= 0.6 is 35.1 Å². The predicted octanol–water partition coefficient (Wildman–Crippen LogP) is 5.26. The molecule has 0 spiro atoms. The Labute approximate surface area is 139 Å². The number of hydrogen-bond donors (Lipinski definition) is 1. The highest BCUT2D eigenvalue weighted by Crippen LogP contribution is 2.44. The second-order valence-corrected chi connectivity index (χ2v) is 7.40. The first-order valence-electron chi connectivity index (χ1n) is 6.84. The van der Waals surface area contributed by atoms with Gasteiger partial charge in [0.05, 0.1) is 0 Å². The average Bonchev–Trinajstić information content (AvgIpc) is 2.64. The van der Waals surface area contributed by atoms with Gasteiger partial charge in [0.1, 0.15) is 0 Å². The molecule has 1 aliphatic rings. The Hall–Kier alpha value is -0.870. The number of thioether (sulfide) groups is 1. The van der Waals surface area contributed by atoms with Gasteiger partial charge in [-0.1, -0.05) is 41.6 Å². The molecule has 1 aliphatic heterocycles. The zero-order valence-electron chi connectivity index (χ0n) is 11.7. The van der Waals surface area contributed by atoms with Crippen LogP contribution in [0.25, 0.3) is 11.0 Å². The molecular weight excluding hydrogens is 318 g/mol.